The Labute approximate surface area is 146 Å². The van der Waals surface area contributed by atoms with Gasteiger partial charge in [-0.05, 0) is 49.1 Å². The normalized spacial score (nSPS) is 17.2. The molecule has 1 N–H and O–H groups in total. The SMILES string of the molecule is OC(c1c2ccccc2nn1-c1ccc(Cl)cc1)C1CCCCC1. The van der Waals surface area contributed by atoms with Crippen molar-refractivity contribution >= 4 is 22.5 Å². The molecule has 0 aliphatic heterocycles. The lowest BCUT2D eigenvalue weighted by atomic mass is 9.83. The molecule has 0 amide bonds. The molecular weight excluding hydrogens is 320 g/mol. The van der Waals surface area contributed by atoms with E-state index in [1.54, 1.807) is 0 Å². The van der Waals surface area contributed by atoms with Gasteiger partial charge in [-0.3, -0.25) is 0 Å². The Bertz CT molecular complexity index is 834. The third-order valence-corrected chi connectivity index (χ3v) is 5.32. The van der Waals surface area contributed by atoms with Crippen LogP contribution in [0.4, 0.5) is 0 Å². The van der Waals surface area contributed by atoms with Crippen LogP contribution in [-0.4, -0.2) is 14.9 Å². The molecule has 3 nitrogen and oxygen atoms in total. The van der Waals surface area contributed by atoms with Crippen molar-refractivity contribution < 1.29 is 5.11 Å². The second-order valence-corrected chi connectivity index (χ2v) is 7.07. The summed E-state index contributed by atoms with van der Waals surface area (Å²) in [6, 6.07) is 15.7. The van der Waals surface area contributed by atoms with Gasteiger partial charge in [0.2, 0.25) is 0 Å². The first-order valence-corrected chi connectivity index (χ1v) is 9.03. The fraction of sp³-hybridized carbons (Fsp3) is 0.350. The van der Waals surface area contributed by atoms with Crippen LogP contribution in [0.1, 0.15) is 43.9 Å². The van der Waals surface area contributed by atoms with E-state index >= 15 is 0 Å². The van der Waals surface area contributed by atoms with Gasteiger partial charge >= 0.3 is 0 Å². The molecular formula is C20H21ClN2O. The summed E-state index contributed by atoms with van der Waals surface area (Å²) < 4.78 is 1.89. The van der Waals surface area contributed by atoms with Gasteiger partial charge < -0.3 is 5.11 Å². The standard InChI is InChI=1S/C20H21ClN2O/c21-15-10-12-16(13-11-15)23-19(17-8-4-5-9-18(17)22-23)20(24)14-6-2-1-3-7-14/h4-5,8-14,20,24H,1-3,6-7H2. The minimum absolute atomic E-state index is 0.310. The van der Waals surface area contributed by atoms with Crippen molar-refractivity contribution in [2.24, 2.45) is 5.92 Å². The Morgan fingerprint density at radius 1 is 1.00 bits per heavy atom. The van der Waals surface area contributed by atoms with Crippen molar-refractivity contribution in [1.82, 2.24) is 9.78 Å². The van der Waals surface area contributed by atoms with Gasteiger partial charge in [0.25, 0.3) is 0 Å². The highest BCUT2D eigenvalue weighted by atomic mass is 35.5. The van der Waals surface area contributed by atoms with Crippen molar-refractivity contribution in [2.75, 3.05) is 0 Å². The van der Waals surface area contributed by atoms with E-state index in [4.69, 9.17) is 16.7 Å². The molecule has 1 heterocycles. The molecule has 124 valence electrons. The molecule has 2 aromatic carbocycles. The van der Waals surface area contributed by atoms with E-state index in [0.717, 1.165) is 35.1 Å². The smallest absolute Gasteiger partial charge is 0.0995 e. The van der Waals surface area contributed by atoms with Gasteiger partial charge in [-0.15, -0.1) is 0 Å². The van der Waals surface area contributed by atoms with Crippen molar-refractivity contribution in [2.45, 2.75) is 38.2 Å². The summed E-state index contributed by atoms with van der Waals surface area (Å²) in [5.74, 6) is 0.310. The van der Waals surface area contributed by atoms with Crippen molar-refractivity contribution in [3.8, 4) is 5.69 Å². The first-order valence-electron chi connectivity index (χ1n) is 8.66. The van der Waals surface area contributed by atoms with Crippen LogP contribution < -0.4 is 0 Å². The molecule has 1 aromatic heterocycles. The minimum Gasteiger partial charge on any atom is -0.386 e. The number of nitrogens with zero attached hydrogens (tertiary/aromatic N) is 2. The quantitative estimate of drug-likeness (QED) is 0.703. The highest BCUT2D eigenvalue weighted by Gasteiger charge is 2.28. The van der Waals surface area contributed by atoms with Crippen LogP contribution in [0.25, 0.3) is 16.6 Å². The number of aliphatic hydroxyl groups is 1. The average Bonchev–Trinajstić information content (AvgIpc) is 3.02. The zero-order valence-corrected chi connectivity index (χ0v) is 14.3. The van der Waals surface area contributed by atoms with E-state index in [1.807, 2.05) is 47.1 Å². The van der Waals surface area contributed by atoms with Gasteiger partial charge in [-0.2, -0.15) is 5.10 Å². The highest BCUT2D eigenvalue weighted by Crippen LogP contribution is 2.38. The Kier molecular flexibility index (Phi) is 4.30. The number of hydrogen-bond donors (Lipinski definition) is 1. The lowest BCUT2D eigenvalue weighted by molar-refractivity contribution is 0.0802. The number of halogens is 1. The summed E-state index contributed by atoms with van der Waals surface area (Å²) in [4.78, 5) is 0. The van der Waals surface area contributed by atoms with Gasteiger partial charge in [0.05, 0.1) is 23.0 Å². The van der Waals surface area contributed by atoms with E-state index in [-0.39, 0.29) is 0 Å². The van der Waals surface area contributed by atoms with E-state index in [0.29, 0.717) is 10.9 Å². The third-order valence-electron chi connectivity index (χ3n) is 5.06. The summed E-state index contributed by atoms with van der Waals surface area (Å²) in [6.45, 7) is 0. The zero-order chi connectivity index (χ0) is 16.5. The first kappa shape index (κ1) is 15.7. The van der Waals surface area contributed by atoms with Crippen LogP contribution in [0, 0.1) is 5.92 Å². The van der Waals surface area contributed by atoms with Crippen LogP contribution in [0.3, 0.4) is 0 Å². The van der Waals surface area contributed by atoms with E-state index in [1.165, 1.54) is 19.3 Å². The van der Waals surface area contributed by atoms with Crippen molar-refractivity contribution in [3.05, 3.63) is 59.2 Å². The molecule has 4 heteroatoms. The summed E-state index contributed by atoms with van der Waals surface area (Å²) >= 11 is 6.02. The maximum absolute atomic E-state index is 11.1. The first-order chi connectivity index (χ1) is 11.7. The third kappa shape index (κ3) is 2.83. The molecule has 24 heavy (non-hydrogen) atoms. The molecule has 1 saturated carbocycles. The minimum atomic E-state index is -0.492. The predicted octanol–water partition coefficient (Wildman–Crippen LogP) is 5.29. The fourth-order valence-corrected chi connectivity index (χ4v) is 3.92. The van der Waals surface area contributed by atoms with Gasteiger partial charge in [-0.1, -0.05) is 49.1 Å². The summed E-state index contributed by atoms with van der Waals surface area (Å²) in [5.41, 5.74) is 2.75. The van der Waals surface area contributed by atoms with Crippen LogP contribution in [0.5, 0.6) is 0 Å². The highest BCUT2D eigenvalue weighted by molar-refractivity contribution is 6.30. The van der Waals surface area contributed by atoms with Crippen molar-refractivity contribution in [3.63, 3.8) is 0 Å². The summed E-state index contributed by atoms with van der Waals surface area (Å²) in [7, 11) is 0. The molecule has 3 aromatic rings. The predicted molar refractivity (Wildman–Crippen MR) is 97.6 cm³/mol. The number of hydrogen-bond acceptors (Lipinski definition) is 2. The van der Waals surface area contributed by atoms with Crippen LogP contribution in [-0.2, 0) is 0 Å². The maximum Gasteiger partial charge on any atom is 0.0995 e. The molecule has 1 fully saturated rings. The van der Waals surface area contributed by atoms with Gasteiger partial charge in [-0.25, -0.2) is 4.68 Å². The van der Waals surface area contributed by atoms with Crippen LogP contribution in [0.2, 0.25) is 5.02 Å². The Hall–Kier alpha value is -1.84. The Balaban J connectivity index is 1.85. The number of rotatable bonds is 3. The topological polar surface area (TPSA) is 38.1 Å². The average molecular weight is 341 g/mol. The lowest BCUT2D eigenvalue weighted by Crippen LogP contribution is -2.19. The number of aromatic nitrogens is 2. The monoisotopic (exact) mass is 340 g/mol. The lowest BCUT2D eigenvalue weighted by Gasteiger charge is -2.27. The maximum atomic E-state index is 11.1. The number of fused-ring (bicyclic) bond motifs is 1. The Morgan fingerprint density at radius 2 is 1.71 bits per heavy atom. The molecule has 0 radical (unpaired) electrons. The van der Waals surface area contributed by atoms with Gasteiger partial charge in [0.15, 0.2) is 0 Å². The van der Waals surface area contributed by atoms with Crippen LogP contribution >= 0.6 is 11.6 Å². The largest absolute Gasteiger partial charge is 0.386 e. The molecule has 0 saturated heterocycles. The summed E-state index contributed by atoms with van der Waals surface area (Å²) in [6.07, 6.45) is 5.36. The molecule has 1 aliphatic carbocycles. The molecule has 1 aliphatic rings. The number of aliphatic hydroxyl groups excluding tert-OH is 1. The van der Waals surface area contributed by atoms with Crippen LogP contribution in [0.15, 0.2) is 48.5 Å². The Morgan fingerprint density at radius 3 is 2.46 bits per heavy atom. The van der Waals surface area contributed by atoms with E-state index in [2.05, 4.69) is 6.07 Å². The fourth-order valence-electron chi connectivity index (χ4n) is 3.79. The molecule has 1 atom stereocenters. The number of benzene rings is 2. The molecule has 0 spiro atoms. The van der Waals surface area contributed by atoms with E-state index < -0.39 is 6.10 Å². The molecule has 0 bridgehead atoms. The van der Waals surface area contributed by atoms with E-state index in [9.17, 15) is 5.11 Å². The van der Waals surface area contributed by atoms with Gasteiger partial charge in [0.1, 0.15) is 0 Å². The second-order valence-electron chi connectivity index (χ2n) is 6.63. The van der Waals surface area contributed by atoms with Gasteiger partial charge in [0, 0.05) is 10.4 Å². The second kappa shape index (κ2) is 6.58. The van der Waals surface area contributed by atoms with Crippen molar-refractivity contribution in [1.29, 1.82) is 0 Å². The molecule has 1 unspecified atom stereocenters. The summed E-state index contributed by atoms with van der Waals surface area (Å²) in [5, 5.41) is 17.6. The zero-order valence-electron chi connectivity index (χ0n) is 13.5. The molecule has 4 rings (SSSR count).